The van der Waals surface area contributed by atoms with Crippen LogP contribution >= 0.6 is 0 Å². The van der Waals surface area contributed by atoms with Crippen LogP contribution in [0, 0.1) is 0 Å². The molecule has 1 aromatic rings. The van der Waals surface area contributed by atoms with Crippen molar-refractivity contribution in [3.05, 3.63) is 17.9 Å². The van der Waals surface area contributed by atoms with E-state index in [0.717, 1.165) is 25.8 Å². The Bertz CT molecular complexity index is 464. The Kier molecular flexibility index (Phi) is 6.54. The summed E-state index contributed by atoms with van der Waals surface area (Å²) in [5.74, 6) is 0.637. The molecule has 0 unspecified atom stereocenters. The smallest absolute Gasteiger partial charge is 0.274 e. The average molecular weight is 288 g/mol. The molecule has 0 amide bonds. The molecule has 0 bridgehead atoms. The van der Waals surface area contributed by atoms with Crippen LogP contribution in [0.5, 0.6) is 0 Å². The minimum atomic E-state index is -3.54. The molecule has 0 saturated carbocycles. The van der Waals surface area contributed by atoms with Gasteiger partial charge in [-0.3, -0.25) is 0 Å². The molecule has 1 heterocycles. The lowest BCUT2D eigenvalue weighted by Crippen LogP contribution is -2.33. The van der Waals surface area contributed by atoms with Gasteiger partial charge in [-0.2, -0.15) is 0 Å². The maximum absolute atomic E-state index is 12.1. The maximum atomic E-state index is 12.1. The fraction of sp³-hybridized carbons (Fsp3) is 0.692. The van der Waals surface area contributed by atoms with Crippen LogP contribution in [0.25, 0.3) is 0 Å². The van der Waals surface area contributed by atoms with E-state index in [1.165, 1.54) is 6.07 Å². The van der Waals surface area contributed by atoms with Gasteiger partial charge in [0.25, 0.3) is 10.0 Å². The van der Waals surface area contributed by atoms with E-state index < -0.39 is 10.0 Å². The third-order valence-electron chi connectivity index (χ3n) is 2.94. The summed E-state index contributed by atoms with van der Waals surface area (Å²) in [7, 11) is -3.54. The number of nitrogens with one attached hydrogen (secondary N) is 2. The zero-order valence-electron chi connectivity index (χ0n) is 11.9. The second-order valence-corrected chi connectivity index (χ2v) is 6.18. The summed E-state index contributed by atoms with van der Waals surface area (Å²) in [4.78, 5) is 0. The molecule has 0 radical (unpaired) electrons. The van der Waals surface area contributed by atoms with Gasteiger partial charge in [0.1, 0.15) is 5.76 Å². The molecule has 0 aliphatic carbocycles. The molecule has 2 N–H and O–H groups in total. The van der Waals surface area contributed by atoms with Crippen LogP contribution in [0.1, 0.15) is 45.8 Å². The minimum absolute atomic E-state index is 0.00676. The molecule has 0 fully saturated rings. The van der Waals surface area contributed by atoms with Crippen LogP contribution in [0.4, 0.5) is 0 Å². The predicted octanol–water partition coefficient (Wildman–Crippen LogP) is 2.25. The molecule has 5 nitrogen and oxygen atoms in total. The standard InChI is InChI=1S/C13H24N2O3S/c1-4-9-14-10-12-7-8-13(18-12)19(16,17)15-11(5-2)6-3/h7-8,11,14-15H,4-6,9-10H2,1-3H3. The van der Waals surface area contributed by atoms with Crippen molar-refractivity contribution in [1.82, 2.24) is 10.0 Å². The van der Waals surface area contributed by atoms with Crippen LogP contribution in [-0.4, -0.2) is 21.0 Å². The molecular formula is C13H24N2O3S. The summed E-state index contributed by atoms with van der Waals surface area (Å²) >= 11 is 0. The second kappa shape index (κ2) is 7.67. The molecule has 1 aromatic heterocycles. The molecule has 1 rings (SSSR count). The lowest BCUT2D eigenvalue weighted by molar-refractivity contribution is 0.396. The molecule has 0 aromatic carbocycles. The van der Waals surface area contributed by atoms with E-state index in [0.29, 0.717) is 12.3 Å². The summed E-state index contributed by atoms with van der Waals surface area (Å²) in [6, 6.07) is 3.16. The third kappa shape index (κ3) is 4.97. The van der Waals surface area contributed by atoms with E-state index >= 15 is 0 Å². The molecule has 0 saturated heterocycles. The van der Waals surface area contributed by atoms with Gasteiger partial charge in [0.2, 0.25) is 5.09 Å². The SMILES string of the molecule is CCCNCc1ccc(S(=O)(=O)NC(CC)CC)o1. The topological polar surface area (TPSA) is 71.3 Å². The zero-order valence-corrected chi connectivity index (χ0v) is 12.7. The molecule has 0 atom stereocenters. The number of rotatable bonds is 9. The van der Waals surface area contributed by atoms with E-state index in [4.69, 9.17) is 4.42 Å². The average Bonchev–Trinajstić information content (AvgIpc) is 2.86. The fourth-order valence-electron chi connectivity index (χ4n) is 1.72. The quantitative estimate of drug-likeness (QED) is 0.684. The van der Waals surface area contributed by atoms with Gasteiger partial charge in [0, 0.05) is 6.04 Å². The van der Waals surface area contributed by atoms with Crippen molar-refractivity contribution in [3.8, 4) is 0 Å². The van der Waals surface area contributed by atoms with Crippen LogP contribution in [0.3, 0.4) is 0 Å². The Morgan fingerprint density at radius 1 is 1.21 bits per heavy atom. The van der Waals surface area contributed by atoms with E-state index in [1.807, 2.05) is 13.8 Å². The van der Waals surface area contributed by atoms with Gasteiger partial charge in [-0.1, -0.05) is 20.8 Å². The number of hydrogen-bond donors (Lipinski definition) is 2. The molecule has 110 valence electrons. The number of hydrogen-bond acceptors (Lipinski definition) is 4. The lowest BCUT2D eigenvalue weighted by atomic mass is 10.2. The normalized spacial score (nSPS) is 12.2. The Hall–Kier alpha value is -0.850. The van der Waals surface area contributed by atoms with E-state index in [9.17, 15) is 8.42 Å². The van der Waals surface area contributed by atoms with Gasteiger partial charge in [0.15, 0.2) is 0 Å². The first-order chi connectivity index (χ1) is 9.03. The summed E-state index contributed by atoms with van der Waals surface area (Å²) < 4.78 is 32.2. The van der Waals surface area contributed by atoms with Gasteiger partial charge in [-0.25, -0.2) is 13.1 Å². The fourth-order valence-corrected chi connectivity index (χ4v) is 3.07. The summed E-state index contributed by atoms with van der Waals surface area (Å²) in [5.41, 5.74) is 0. The van der Waals surface area contributed by atoms with Gasteiger partial charge >= 0.3 is 0 Å². The monoisotopic (exact) mass is 288 g/mol. The van der Waals surface area contributed by atoms with E-state index in [-0.39, 0.29) is 11.1 Å². The van der Waals surface area contributed by atoms with Crippen LogP contribution in [0.2, 0.25) is 0 Å². The highest BCUT2D eigenvalue weighted by atomic mass is 32.2. The molecule has 0 spiro atoms. The third-order valence-corrected chi connectivity index (χ3v) is 4.33. The Labute approximate surface area is 115 Å². The highest BCUT2D eigenvalue weighted by Crippen LogP contribution is 2.15. The first kappa shape index (κ1) is 16.2. The minimum Gasteiger partial charge on any atom is -0.447 e. The summed E-state index contributed by atoms with van der Waals surface area (Å²) in [6.07, 6.45) is 2.56. The van der Waals surface area contributed by atoms with E-state index in [1.54, 1.807) is 6.07 Å². The van der Waals surface area contributed by atoms with Crippen molar-refractivity contribution in [3.63, 3.8) is 0 Å². The van der Waals surface area contributed by atoms with Crippen molar-refractivity contribution in [2.45, 2.75) is 57.7 Å². The molecular weight excluding hydrogens is 264 g/mol. The van der Waals surface area contributed by atoms with Crippen molar-refractivity contribution >= 4 is 10.0 Å². The molecule has 0 aliphatic heterocycles. The second-order valence-electron chi connectivity index (χ2n) is 4.53. The summed E-state index contributed by atoms with van der Waals surface area (Å²) in [5, 5.41) is 3.16. The van der Waals surface area contributed by atoms with E-state index in [2.05, 4.69) is 17.0 Å². The molecule has 19 heavy (non-hydrogen) atoms. The van der Waals surface area contributed by atoms with Crippen LogP contribution in [-0.2, 0) is 16.6 Å². The molecule has 6 heteroatoms. The highest BCUT2D eigenvalue weighted by molar-refractivity contribution is 7.89. The first-order valence-electron chi connectivity index (χ1n) is 6.85. The van der Waals surface area contributed by atoms with Gasteiger partial charge in [-0.05, 0) is 37.9 Å². The van der Waals surface area contributed by atoms with Gasteiger partial charge in [0.05, 0.1) is 6.54 Å². The van der Waals surface area contributed by atoms with Crippen LogP contribution < -0.4 is 10.0 Å². The van der Waals surface area contributed by atoms with Crippen LogP contribution in [0.15, 0.2) is 21.6 Å². The largest absolute Gasteiger partial charge is 0.447 e. The summed E-state index contributed by atoms with van der Waals surface area (Å²) in [6.45, 7) is 7.42. The van der Waals surface area contributed by atoms with Crippen molar-refractivity contribution < 1.29 is 12.8 Å². The number of furan rings is 1. The van der Waals surface area contributed by atoms with Gasteiger partial charge in [-0.15, -0.1) is 0 Å². The predicted molar refractivity (Wildman–Crippen MR) is 75.4 cm³/mol. The zero-order chi connectivity index (χ0) is 14.3. The van der Waals surface area contributed by atoms with Crippen molar-refractivity contribution in [2.24, 2.45) is 0 Å². The number of sulfonamides is 1. The first-order valence-corrected chi connectivity index (χ1v) is 8.33. The Balaban J connectivity index is 2.68. The Morgan fingerprint density at radius 2 is 1.89 bits per heavy atom. The maximum Gasteiger partial charge on any atom is 0.274 e. The van der Waals surface area contributed by atoms with Crippen molar-refractivity contribution in [1.29, 1.82) is 0 Å². The highest BCUT2D eigenvalue weighted by Gasteiger charge is 2.21. The molecule has 0 aliphatic rings. The Morgan fingerprint density at radius 3 is 2.47 bits per heavy atom. The van der Waals surface area contributed by atoms with Gasteiger partial charge < -0.3 is 9.73 Å². The van der Waals surface area contributed by atoms with Crippen molar-refractivity contribution in [2.75, 3.05) is 6.54 Å². The lowest BCUT2D eigenvalue weighted by Gasteiger charge is -2.13.